The van der Waals surface area contributed by atoms with Crippen molar-refractivity contribution in [2.75, 3.05) is 25.6 Å². The minimum Gasteiger partial charge on any atom is -0.488 e. The van der Waals surface area contributed by atoms with Crippen LogP contribution in [0.25, 0.3) is 22.4 Å². The molecule has 0 aliphatic rings. The highest BCUT2D eigenvalue weighted by molar-refractivity contribution is 7.19. The Balaban J connectivity index is 1.66. The molecule has 6 heteroatoms. The van der Waals surface area contributed by atoms with E-state index in [4.69, 9.17) is 4.74 Å². The second kappa shape index (κ2) is 9.48. The van der Waals surface area contributed by atoms with Crippen LogP contribution in [0.1, 0.15) is 23.9 Å². The summed E-state index contributed by atoms with van der Waals surface area (Å²) in [5, 5.41) is 10.2. The van der Waals surface area contributed by atoms with Crippen LogP contribution in [0.4, 0.5) is 5.82 Å². The predicted molar refractivity (Wildman–Crippen MR) is 118 cm³/mol. The first kappa shape index (κ1) is 20.0. The topological polar surface area (TPSA) is 58.5 Å². The molecule has 0 spiro atoms. The summed E-state index contributed by atoms with van der Waals surface area (Å²) < 4.78 is 6.86. The van der Waals surface area contributed by atoms with E-state index >= 15 is 0 Å². The van der Waals surface area contributed by atoms with Gasteiger partial charge < -0.3 is 14.7 Å². The monoisotopic (exact) mass is 395 g/mol. The number of aromatic nitrogens is 2. The lowest BCUT2D eigenvalue weighted by Crippen LogP contribution is -2.19. The van der Waals surface area contributed by atoms with Crippen LogP contribution in [0, 0.1) is 0 Å². The number of anilines is 1. The van der Waals surface area contributed by atoms with Gasteiger partial charge in [0.05, 0.1) is 16.8 Å². The molecule has 0 saturated heterocycles. The number of ether oxygens (including phenoxy) is 1. The van der Waals surface area contributed by atoms with Crippen molar-refractivity contribution in [3.63, 3.8) is 0 Å². The van der Waals surface area contributed by atoms with Gasteiger partial charge >= 0.3 is 0 Å². The Morgan fingerprint density at radius 3 is 2.68 bits per heavy atom. The van der Waals surface area contributed by atoms with Crippen LogP contribution in [0.3, 0.4) is 0 Å². The number of hydrogen-bond acceptors (Lipinski definition) is 6. The Kier molecular flexibility index (Phi) is 6.79. The largest absolute Gasteiger partial charge is 0.488 e. The third-order valence-corrected chi connectivity index (χ3v) is 5.19. The van der Waals surface area contributed by atoms with Crippen molar-refractivity contribution in [3.8, 4) is 5.75 Å². The quantitative estimate of drug-likeness (QED) is 0.564. The van der Waals surface area contributed by atoms with Crippen LogP contribution in [0.15, 0.2) is 48.7 Å². The van der Waals surface area contributed by atoms with Gasteiger partial charge in [-0.25, -0.2) is 9.97 Å². The third-order valence-electron chi connectivity index (χ3n) is 4.21. The maximum Gasteiger partial charge on any atom is 0.127 e. The number of aliphatic hydroxyl groups is 1. The van der Waals surface area contributed by atoms with E-state index in [1.165, 1.54) is 0 Å². The van der Waals surface area contributed by atoms with Crippen molar-refractivity contribution in [2.45, 2.75) is 19.4 Å². The van der Waals surface area contributed by atoms with Crippen molar-refractivity contribution in [1.82, 2.24) is 9.97 Å². The predicted octanol–water partition coefficient (Wildman–Crippen LogP) is 4.63. The summed E-state index contributed by atoms with van der Waals surface area (Å²) in [4.78, 5) is 11.0. The van der Waals surface area contributed by atoms with Crippen LogP contribution < -0.4 is 9.64 Å². The Hall–Kier alpha value is -2.70. The van der Waals surface area contributed by atoms with Gasteiger partial charge in [0, 0.05) is 20.3 Å². The number of allylic oxidation sites excluding steroid dienone is 2. The first-order valence-electron chi connectivity index (χ1n) is 9.25. The minimum absolute atomic E-state index is 0.0188. The maximum atomic E-state index is 9.29. The van der Waals surface area contributed by atoms with E-state index in [2.05, 4.69) is 9.97 Å². The Labute approximate surface area is 169 Å². The Morgan fingerprint density at radius 1 is 1.18 bits per heavy atom. The lowest BCUT2D eigenvalue weighted by atomic mass is 10.2. The zero-order valence-electron chi connectivity index (χ0n) is 16.4. The molecular formula is C22H25N3O2S. The van der Waals surface area contributed by atoms with E-state index in [1.807, 2.05) is 86.8 Å². The Bertz CT molecular complexity index is 958. The highest BCUT2D eigenvalue weighted by Crippen LogP contribution is 2.27. The van der Waals surface area contributed by atoms with Crippen LogP contribution >= 0.6 is 11.3 Å². The fourth-order valence-corrected chi connectivity index (χ4v) is 3.48. The van der Waals surface area contributed by atoms with Gasteiger partial charge in [-0.3, -0.25) is 0 Å². The molecule has 3 aromatic rings. The molecule has 0 saturated carbocycles. The molecule has 0 amide bonds. The van der Waals surface area contributed by atoms with Crippen LogP contribution in [-0.4, -0.2) is 41.9 Å². The number of rotatable bonds is 8. The van der Waals surface area contributed by atoms with Crippen molar-refractivity contribution in [3.05, 3.63) is 59.3 Å². The van der Waals surface area contributed by atoms with Gasteiger partial charge in [-0.05, 0) is 48.4 Å². The number of benzene rings is 1. The molecule has 1 atom stereocenters. The number of pyridine rings is 1. The fraction of sp³-hybridized carbons (Fsp3) is 0.273. The summed E-state index contributed by atoms with van der Waals surface area (Å²) in [6.45, 7) is 2.01. The lowest BCUT2D eigenvalue weighted by molar-refractivity contribution is 0.113. The molecule has 1 aromatic carbocycles. The number of hydrogen-bond donors (Lipinski definition) is 1. The highest BCUT2D eigenvalue weighted by Gasteiger charge is 2.08. The average molecular weight is 396 g/mol. The number of fused-ring (bicyclic) bond motifs is 1. The molecular weight excluding hydrogens is 370 g/mol. The summed E-state index contributed by atoms with van der Waals surface area (Å²) in [6.07, 6.45) is 10.4. The molecule has 28 heavy (non-hydrogen) atoms. The Morgan fingerprint density at radius 2 is 2.00 bits per heavy atom. The normalized spacial score (nSPS) is 12.9. The van der Waals surface area contributed by atoms with Gasteiger partial charge in [-0.15, -0.1) is 11.3 Å². The van der Waals surface area contributed by atoms with Crippen molar-refractivity contribution >= 4 is 39.5 Å². The standard InChI is InChI=1S/C22H25N3O2S/c1-4-17(15-26)27-18-10-11-19-20(13-18)28-22(24-19)8-6-5-7-16-9-12-21(23-14-16)25(2)3/h5-14,17,26H,4,15H2,1-3H3/b7-5+,8-6+. The second-order valence-corrected chi connectivity index (χ2v) is 7.64. The molecule has 0 aliphatic heterocycles. The van der Waals surface area contributed by atoms with Gasteiger partial charge in [0.2, 0.25) is 0 Å². The van der Waals surface area contributed by atoms with Crippen molar-refractivity contribution < 1.29 is 9.84 Å². The van der Waals surface area contributed by atoms with Crippen molar-refractivity contribution in [1.29, 1.82) is 0 Å². The van der Waals surface area contributed by atoms with Crippen LogP contribution in [-0.2, 0) is 0 Å². The fourth-order valence-electron chi connectivity index (χ4n) is 2.57. The van der Waals surface area contributed by atoms with Crippen molar-refractivity contribution in [2.24, 2.45) is 0 Å². The zero-order valence-corrected chi connectivity index (χ0v) is 17.2. The molecule has 0 bridgehead atoms. The summed E-state index contributed by atoms with van der Waals surface area (Å²) in [6, 6.07) is 9.88. The molecule has 2 heterocycles. The van der Waals surface area contributed by atoms with E-state index in [9.17, 15) is 5.11 Å². The van der Waals surface area contributed by atoms with Crippen LogP contribution in [0.5, 0.6) is 5.75 Å². The molecule has 1 unspecified atom stereocenters. The van der Waals surface area contributed by atoms with Gasteiger partial charge in [-0.1, -0.05) is 25.2 Å². The third kappa shape index (κ3) is 5.18. The summed E-state index contributed by atoms with van der Waals surface area (Å²) in [7, 11) is 3.95. The molecule has 1 N–H and O–H groups in total. The first-order chi connectivity index (χ1) is 13.6. The first-order valence-corrected chi connectivity index (χ1v) is 10.1. The minimum atomic E-state index is -0.170. The highest BCUT2D eigenvalue weighted by atomic mass is 32.1. The average Bonchev–Trinajstić information content (AvgIpc) is 3.11. The lowest BCUT2D eigenvalue weighted by Gasteiger charge is -2.14. The van der Waals surface area contributed by atoms with E-state index in [-0.39, 0.29) is 12.7 Å². The molecule has 3 rings (SSSR count). The molecule has 0 radical (unpaired) electrons. The number of nitrogens with zero attached hydrogens (tertiary/aromatic N) is 3. The molecule has 5 nitrogen and oxygen atoms in total. The van der Waals surface area contributed by atoms with E-state index in [0.717, 1.165) is 38.8 Å². The maximum absolute atomic E-state index is 9.29. The molecule has 2 aromatic heterocycles. The van der Waals surface area contributed by atoms with Gasteiger partial charge in [-0.2, -0.15) is 0 Å². The van der Waals surface area contributed by atoms with Crippen LogP contribution in [0.2, 0.25) is 0 Å². The smallest absolute Gasteiger partial charge is 0.127 e. The molecule has 0 fully saturated rings. The van der Waals surface area contributed by atoms with E-state index in [0.29, 0.717) is 0 Å². The second-order valence-electron chi connectivity index (χ2n) is 6.57. The number of thiazole rings is 1. The number of aliphatic hydroxyl groups excluding tert-OH is 1. The van der Waals surface area contributed by atoms with Gasteiger partial charge in [0.25, 0.3) is 0 Å². The summed E-state index contributed by atoms with van der Waals surface area (Å²) in [5.74, 6) is 1.70. The molecule has 0 aliphatic carbocycles. The van der Waals surface area contributed by atoms with E-state index < -0.39 is 0 Å². The molecule has 146 valence electrons. The zero-order chi connectivity index (χ0) is 19.9. The summed E-state index contributed by atoms with van der Waals surface area (Å²) >= 11 is 1.61. The van der Waals surface area contributed by atoms with Gasteiger partial charge in [0.1, 0.15) is 22.7 Å². The SMILES string of the molecule is CCC(CO)Oc1ccc2nc(/C=C/C=C/c3ccc(N(C)C)nc3)sc2c1. The van der Waals surface area contributed by atoms with Gasteiger partial charge in [0.15, 0.2) is 0 Å². The summed E-state index contributed by atoms with van der Waals surface area (Å²) in [5.41, 5.74) is 2.00. The van der Waals surface area contributed by atoms with E-state index in [1.54, 1.807) is 11.3 Å².